The van der Waals surface area contributed by atoms with Crippen molar-refractivity contribution in [3.8, 4) is 0 Å². The largest absolute Gasteiger partial charge is 0.329 e. The average molecular weight is 403 g/mol. The van der Waals surface area contributed by atoms with Gasteiger partial charge < -0.3 is 16.0 Å². The minimum absolute atomic E-state index is 0. The number of rotatable bonds is 7. The van der Waals surface area contributed by atoms with Gasteiger partial charge in [0.1, 0.15) is 0 Å². The molecule has 2 aromatic rings. The molecule has 1 saturated heterocycles. The van der Waals surface area contributed by atoms with Crippen LogP contribution in [0.25, 0.3) is 0 Å². The van der Waals surface area contributed by atoms with E-state index in [-0.39, 0.29) is 43.3 Å². The summed E-state index contributed by atoms with van der Waals surface area (Å²) in [4.78, 5) is 36.8. The summed E-state index contributed by atoms with van der Waals surface area (Å²) < 4.78 is 0. The molecule has 1 fully saturated rings. The lowest BCUT2D eigenvalue weighted by atomic mass is 10.1. The standard InChI is InChI=1S/C20H22N4O3.ClH/c1-2-21-11-15-4-3-5-17(10-15)23-19(26)16-8-6-14(7-9-16)13-24-18(25)12-22-20(24)27;/h3-10,21H,2,11-13H2,1H3,(H,22,27)(H,23,26);1H. The Morgan fingerprint density at radius 3 is 2.50 bits per heavy atom. The first kappa shape index (κ1) is 21.4. The van der Waals surface area contributed by atoms with Crippen LogP contribution in [-0.2, 0) is 17.9 Å². The first-order chi connectivity index (χ1) is 13.1. The van der Waals surface area contributed by atoms with Gasteiger partial charge >= 0.3 is 6.03 Å². The molecule has 148 valence electrons. The molecule has 0 bridgehead atoms. The van der Waals surface area contributed by atoms with Crippen molar-refractivity contribution in [2.24, 2.45) is 0 Å². The van der Waals surface area contributed by atoms with Crippen LogP contribution in [0.1, 0.15) is 28.4 Å². The van der Waals surface area contributed by atoms with Gasteiger partial charge in [0.05, 0.1) is 13.1 Å². The smallest absolute Gasteiger partial charge is 0.324 e. The van der Waals surface area contributed by atoms with Crippen LogP contribution < -0.4 is 16.0 Å². The molecule has 0 unspecified atom stereocenters. The quantitative estimate of drug-likeness (QED) is 0.621. The number of imide groups is 1. The van der Waals surface area contributed by atoms with Crippen LogP contribution in [0.15, 0.2) is 48.5 Å². The van der Waals surface area contributed by atoms with Gasteiger partial charge in [-0.05, 0) is 41.9 Å². The third-order valence-electron chi connectivity index (χ3n) is 4.26. The van der Waals surface area contributed by atoms with Gasteiger partial charge in [0.15, 0.2) is 0 Å². The molecule has 0 spiro atoms. The normalized spacial score (nSPS) is 13.1. The zero-order valence-corrected chi connectivity index (χ0v) is 16.3. The fraction of sp³-hybridized carbons (Fsp3) is 0.250. The van der Waals surface area contributed by atoms with E-state index in [1.165, 1.54) is 0 Å². The van der Waals surface area contributed by atoms with Crippen LogP contribution in [0.5, 0.6) is 0 Å². The summed E-state index contributed by atoms with van der Waals surface area (Å²) in [5, 5.41) is 8.62. The summed E-state index contributed by atoms with van der Waals surface area (Å²) in [6.07, 6.45) is 0. The van der Waals surface area contributed by atoms with Gasteiger partial charge in [-0.1, -0.05) is 31.2 Å². The van der Waals surface area contributed by atoms with E-state index in [4.69, 9.17) is 0 Å². The van der Waals surface area contributed by atoms with E-state index in [9.17, 15) is 14.4 Å². The zero-order valence-electron chi connectivity index (χ0n) is 15.5. The second kappa shape index (κ2) is 9.87. The number of hydrogen-bond donors (Lipinski definition) is 3. The number of carbonyl (C=O) groups excluding carboxylic acids is 3. The molecule has 0 aromatic heterocycles. The number of carbonyl (C=O) groups is 3. The summed E-state index contributed by atoms with van der Waals surface area (Å²) >= 11 is 0. The van der Waals surface area contributed by atoms with E-state index < -0.39 is 0 Å². The molecule has 7 nitrogen and oxygen atoms in total. The molecule has 1 aliphatic heterocycles. The van der Waals surface area contributed by atoms with Crippen molar-refractivity contribution < 1.29 is 14.4 Å². The van der Waals surface area contributed by atoms with Crippen molar-refractivity contribution in [3.05, 3.63) is 65.2 Å². The highest BCUT2D eigenvalue weighted by atomic mass is 35.5. The van der Waals surface area contributed by atoms with Crippen LogP contribution in [0.2, 0.25) is 0 Å². The second-order valence-corrected chi connectivity index (χ2v) is 6.27. The fourth-order valence-corrected chi connectivity index (χ4v) is 2.79. The van der Waals surface area contributed by atoms with E-state index in [1.807, 2.05) is 31.2 Å². The van der Waals surface area contributed by atoms with Gasteiger partial charge in [-0.25, -0.2) is 4.79 Å². The SMILES string of the molecule is CCNCc1cccc(NC(=O)c2ccc(CN3C(=O)CNC3=O)cc2)c1.Cl. The van der Waals surface area contributed by atoms with Crippen LogP contribution in [0.4, 0.5) is 10.5 Å². The van der Waals surface area contributed by atoms with E-state index in [2.05, 4.69) is 16.0 Å². The number of anilines is 1. The van der Waals surface area contributed by atoms with Crippen molar-refractivity contribution in [1.29, 1.82) is 0 Å². The third-order valence-corrected chi connectivity index (χ3v) is 4.26. The van der Waals surface area contributed by atoms with Gasteiger partial charge in [-0.2, -0.15) is 0 Å². The second-order valence-electron chi connectivity index (χ2n) is 6.27. The summed E-state index contributed by atoms with van der Waals surface area (Å²) in [5.41, 5.74) is 3.12. The zero-order chi connectivity index (χ0) is 19.2. The predicted octanol–water partition coefficient (Wildman–Crippen LogP) is 2.52. The molecular weight excluding hydrogens is 380 g/mol. The number of hydrogen-bond acceptors (Lipinski definition) is 4. The maximum atomic E-state index is 12.4. The average Bonchev–Trinajstić information content (AvgIpc) is 2.99. The van der Waals surface area contributed by atoms with E-state index in [0.717, 1.165) is 34.8 Å². The summed E-state index contributed by atoms with van der Waals surface area (Å²) in [7, 11) is 0. The maximum Gasteiger partial charge on any atom is 0.324 e. The van der Waals surface area contributed by atoms with Crippen LogP contribution in [-0.4, -0.2) is 35.8 Å². The molecule has 0 atom stereocenters. The highest BCUT2D eigenvalue weighted by molar-refractivity contribution is 6.04. The minimum atomic E-state index is -0.390. The first-order valence-corrected chi connectivity index (χ1v) is 8.85. The number of halogens is 1. The van der Waals surface area contributed by atoms with Gasteiger partial charge in [0.25, 0.3) is 5.91 Å². The van der Waals surface area contributed by atoms with Crippen LogP contribution >= 0.6 is 12.4 Å². The highest BCUT2D eigenvalue weighted by Crippen LogP contribution is 2.14. The van der Waals surface area contributed by atoms with Crippen molar-refractivity contribution >= 4 is 35.9 Å². The lowest BCUT2D eigenvalue weighted by molar-refractivity contribution is -0.125. The summed E-state index contributed by atoms with van der Waals surface area (Å²) in [6.45, 7) is 3.90. The van der Waals surface area contributed by atoms with Gasteiger partial charge in [0, 0.05) is 17.8 Å². The van der Waals surface area contributed by atoms with Crippen molar-refractivity contribution in [3.63, 3.8) is 0 Å². The molecule has 1 aliphatic rings. The first-order valence-electron chi connectivity index (χ1n) is 8.85. The molecule has 2 aromatic carbocycles. The number of nitrogens with zero attached hydrogens (tertiary/aromatic N) is 1. The molecule has 0 aliphatic carbocycles. The topological polar surface area (TPSA) is 90.5 Å². The molecule has 3 N–H and O–H groups in total. The fourth-order valence-electron chi connectivity index (χ4n) is 2.79. The molecule has 0 radical (unpaired) electrons. The Hall–Kier alpha value is -2.90. The van der Waals surface area contributed by atoms with Gasteiger partial charge in [-0.3, -0.25) is 14.5 Å². The lowest BCUT2D eigenvalue weighted by Gasteiger charge is -2.12. The summed E-state index contributed by atoms with van der Waals surface area (Å²) in [6, 6.07) is 14.2. The molecule has 28 heavy (non-hydrogen) atoms. The molecular formula is C20H23ClN4O3. The monoisotopic (exact) mass is 402 g/mol. The summed E-state index contributed by atoms with van der Waals surface area (Å²) in [5.74, 6) is -0.462. The molecule has 8 heteroatoms. The van der Waals surface area contributed by atoms with E-state index >= 15 is 0 Å². The number of amides is 4. The lowest BCUT2D eigenvalue weighted by Crippen LogP contribution is -2.30. The Morgan fingerprint density at radius 1 is 1.11 bits per heavy atom. The Labute approximate surface area is 169 Å². The van der Waals surface area contributed by atoms with Gasteiger partial charge in [-0.15, -0.1) is 12.4 Å². The van der Waals surface area contributed by atoms with Crippen LogP contribution in [0.3, 0.4) is 0 Å². The number of nitrogens with one attached hydrogen (secondary N) is 3. The maximum absolute atomic E-state index is 12.4. The predicted molar refractivity (Wildman–Crippen MR) is 109 cm³/mol. The number of benzene rings is 2. The van der Waals surface area contributed by atoms with Crippen molar-refractivity contribution in [2.45, 2.75) is 20.0 Å². The molecule has 1 heterocycles. The molecule has 3 rings (SSSR count). The minimum Gasteiger partial charge on any atom is -0.329 e. The Bertz CT molecular complexity index is 839. The Morgan fingerprint density at radius 2 is 1.86 bits per heavy atom. The Kier molecular flexibility index (Phi) is 7.54. The molecule has 4 amide bonds. The highest BCUT2D eigenvalue weighted by Gasteiger charge is 2.28. The Balaban J connectivity index is 0.00000280. The van der Waals surface area contributed by atoms with Crippen molar-refractivity contribution in [2.75, 3.05) is 18.4 Å². The molecule has 0 saturated carbocycles. The van der Waals surface area contributed by atoms with Crippen molar-refractivity contribution in [1.82, 2.24) is 15.5 Å². The van der Waals surface area contributed by atoms with Crippen LogP contribution in [0, 0.1) is 0 Å². The van der Waals surface area contributed by atoms with E-state index in [1.54, 1.807) is 24.3 Å². The number of urea groups is 1. The van der Waals surface area contributed by atoms with E-state index in [0.29, 0.717) is 5.56 Å². The van der Waals surface area contributed by atoms with Gasteiger partial charge in [0.2, 0.25) is 5.91 Å². The third kappa shape index (κ3) is 5.31.